The third-order valence-electron chi connectivity index (χ3n) is 3.28. The summed E-state index contributed by atoms with van der Waals surface area (Å²) in [5, 5.41) is 2.78. The molecule has 0 bridgehead atoms. The fourth-order valence-corrected chi connectivity index (χ4v) is 1.93. The zero-order valence-corrected chi connectivity index (χ0v) is 13.0. The van der Waals surface area contributed by atoms with Crippen LogP contribution in [0.25, 0.3) is 0 Å². The fourth-order valence-electron chi connectivity index (χ4n) is 1.93. The van der Waals surface area contributed by atoms with Crippen LogP contribution in [-0.4, -0.2) is 41.0 Å². The van der Waals surface area contributed by atoms with Gasteiger partial charge in [-0.2, -0.15) is 0 Å². The van der Waals surface area contributed by atoms with Crippen molar-refractivity contribution in [2.75, 3.05) is 25.0 Å². The van der Waals surface area contributed by atoms with E-state index in [1.165, 1.54) is 11.8 Å². The molecular weight excluding hydrogens is 278 g/mol. The van der Waals surface area contributed by atoms with Crippen LogP contribution >= 0.6 is 0 Å². The number of pyridine rings is 1. The van der Waals surface area contributed by atoms with Crippen molar-refractivity contribution in [3.05, 3.63) is 48.2 Å². The zero-order chi connectivity index (χ0) is 15.8. The molecule has 2 aromatic heterocycles. The fraction of sp³-hybridized carbons (Fsp3) is 0.375. The molecule has 0 atom stereocenters. The van der Waals surface area contributed by atoms with Gasteiger partial charge in [-0.15, -0.1) is 0 Å². The molecule has 116 valence electrons. The van der Waals surface area contributed by atoms with Gasteiger partial charge in [-0.1, -0.05) is 6.92 Å². The highest BCUT2D eigenvalue weighted by molar-refractivity contribution is 5.91. The van der Waals surface area contributed by atoms with Crippen LogP contribution < -0.4 is 10.2 Å². The minimum Gasteiger partial charge on any atom is -0.358 e. The lowest BCUT2D eigenvalue weighted by Crippen LogP contribution is -2.26. The number of amides is 1. The molecule has 0 unspecified atom stereocenters. The summed E-state index contributed by atoms with van der Waals surface area (Å²) in [6, 6.07) is 4.00. The smallest absolute Gasteiger partial charge is 0.271 e. The van der Waals surface area contributed by atoms with Gasteiger partial charge in [0.05, 0.1) is 12.4 Å². The van der Waals surface area contributed by atoms with E-state index >= 15 is 0 Å². The molecule has 0 fully saturated rings. The molecule has 2 heterocycles. The van der Waals surface area contributed by atoms with Crippen molar-refractivity contribution in [3.8, 4) is 0 Å². The highest BCUT2D eigenvalue weighted by Crippen LogP contribution is 2.08. The summed E-state index contributed by atoms with van der Waals surface area (Å²) < 4.78 is 0. The van der Waals surface area contributed by atoms with Crippen LogP contribution in [0.5, 0.6) is 0 Å². The second-order valence-corrected chi connectivity index (χ2v) is 5.04. The van der Waals surface area contributed by atoms with Crippen LogP contribution in [0, 0.1) is 0 Å². The quantitative estimate of drug-likeness (QED) is 0.842. The molecular formula is C16H21N5O. The first-order valence-corrected chi connectivity index (χ1v) is 7.41. The predicted octanol–water partition coefficient (Wildman–Crippen LogP) is 1.69. The molecule has 0 aromatic carbocycles. The summed E-state index contributed by atoms with van der Waals surface area (Å²) in [6.07, 6.45) is 8.53. The summed E-state index contributed by atoms with van der Waals surface area (Å²) in [4.78, 5) is 26.3. The SMILES string of the molecule is CCCNC(=O)c1cnc(N(C)CCc2ccncc2)cn1. The van der Waals surface area contributed by atoms with Crippen molar-refractivity contribution >= 4 is 11.7 Å². The van der Waals surface area contributed by atoms with Gasteiger partial charge in [0.25, 0.3) is 5.91 Å². The maximum Gasteiger partial charge on any atom is 0.271 e. The molecule has 2 rings (SSSR count). The lowest BCUT2D eigenvalue weighted by Gasteiger charge is -2.17. The van der Waals surface area contributed by atoms with Gasteiger partial charge in [-0.05, 0) is 30.5 Å². The van der Waals surface area contributed by atoms with E-state index in [0.29, 0.717) is 12.2 Å². The number of likely N-dealkylation sites (N-methyl/N-ethyl adjacent to an activating group) is 1. The largest absolute Gasteiger partial charge is 0.358 e. The Labute approximate surface area is 130 Å². The Morgan fingerprint density at radius 1 is 1.23 bits per heavy atom. The monoisotopic (exact) mass is 299 g/mol. The molecule has 0 aliphatic rings. The van der Waals surface area contributed by atoms with Gasteiger partial charge in [0.15, 0.2) is 0 Å². The molecule has 0 saturated heterocycles. The maximum absolute atomic E-state index is 11.8. The second-order valence-electron chi connectivity index (χ2n) is 5.04. The third-order valence-corrected chi connectivity index (χ3v) is 3.28. The van der Waals surface area contributed by atoms with Gasteiger partial charge >= 0.3 is 0 Å². The lowest BCUT2D eigenvalue weighted by molar-refractivity contribution is 0.0948. The normalized spacial score (nSPS) is 10.3. The minimum absolute atomic E-state index is 0.180. The second kappa shape index (κ2) is 8.07. The van der Waals surface area contributed by atoms with E-state index in [2.05, 4.69) is 20.3 Å². The predicted molar refractivity (Wildman–Crippen MR) is 85.9 cm³/mol. The summed E-state index contributed by atoms with van der Waals surface area (Å²) in [7, 11) is 1.96. The van der Waals surface area contributed by atoms with Gasteiger partial charge in [-0.25, -0.2) is 9.97 Å². The molecule has 0 aliphatic heterocycles. The molecule has 2 aromatic rings. The average molecular weight is 299 g/mol. The lowest BCUT2D eigenvalue weighted by atomic mass is 10.2. The van der Waals surface area contributed by atoms with E-state index in [1.807, 2.05) is 31.0 Å². The van der Waals surface area contributed by atoms with Crippen molar-refractivity contribution in [2.45, 2.75) is 19.8 Å². The van der Waals surface area contributed by atoms with E-state index < -0.39 is 0 Å². The molecule has 1 amide bonds. The Kier molecular flexibility index (Phi) is 5.82. The molecule has 22 heavy (non-hydrogen) atoms. The van der Waals surface area contributed by atoms with E-state index in [-0.39, 0.29) is 5.91 Å². The van der Waals surface area contributed by atoms with Gasteiger partial charge in [0.1, 0.15) is 11.5 Å². The highest BCUT2D eigenvalue weighted by atomic mass is 16.1. The standard InChI is InChI=1S/C16H21N5O/c1-3-7-18-16(22)14-11-20-15(12-19-14)21(2)10-6-13-4-8-17-9-5-13/h4-5,8-9,11-12H,3,6-7,10H2,1-2H3,(H,18,22). The number of carbonyl (C=O) groups is 1. The number of anilines is 1. The third kappa shape index (κ3) is 4.51. The van der Waals surface area contributed by atoms with Crippen LogP contribution in [0.2, 0.25) is 0 Å². The summed E-state index contributed by atoms with van der Waals surface area (Å²) >= 11 is 0. The van der Waals surface area contributed by atoms with Crippen LogP contribution in [0.15, 0.2) is 36.9 Å². The topological polar surface area (TPSA) is 71.0 Å². The molecule has 6 heteroatoms. The molecule has 1 N–H and O–H groups in total. The van der Waals surface area contributed by atoms with Crippen LogP contribution in [0.3, 0.4) is 0 Å². The van der Waals surface area contributed by atoms with Crippen LogP contribution in [0.1, 0.15) is 29.4 Å². The van der Waals surface area contributed by atoms with E-state index in [9.17, 15) is 4.79 Å². The Morgan fingerprint density at radius 3 is 2.64 bits per heavy atom. The Morgan fingerprint density at radius 2 is 2.00 bits per heavy atom. The molecule has 0 radical (unpaired) electrons. The summed E-state index contributed by atoms with van der Waals surface area (Å²) in [6.45, 7) is 3.47. The minimum atomic E-state index is -0.180. The Bertz CT molecular complexity index is 585. The van der Waals surface area contributed by atoms with E-state index in [4.69, 9.17) is 0 Å². The maximum atomic E-state index is 11.8. The van der Waals surface area contributed by atoms with Crippen molar-refractivity contribution in [1.29, 1.82) is 0 Å². The van der Waals surface area contributed by atoms with E-state index in [1.54, 1.807) is 18.6 Å². The Hall–Kier alpha value is -2.50. The number of rotatable bonds is 7. The molecule has 0 spiro atoms. The van der Waals surface area contributed by atoms with Crippen LogP contribution in [0.4, 0.5) is 5.82 Å². The first-order chi connectivity index (χ1) is 10.7. The molecule has 0 aliphatic carbocycles. The number of nitrogens with one attached hydrogen (secondary N) is 1. The molecule has 6 nitrogen and oxygen atoms in total. The first-order valence-electron chi connectivity index (χ1n) is 7.41. The Balaban J connectivity index is 1.90. The number of hydrogen-bond donors (Lipinski definition) is 1. The number of aromatic nitrogens is 3. The average Bonchev–Trinajstić information content (AvgIpc) is 2.58. The van der Waals surface area contributed by atoms with Gasteiger partial charge in [0.2, 0.25) is 0 Å². The number of nitrogens with zero attached hydrogens (tertiary/aromatic N) is 4. The highest BCUT2D eigenvalue weighted by Gasteiger charge is 2.09. The van der Waals surface area contributed by atoms with Gasteiger partial charge < -0.3 is 10.2 Å². The van der Waals surface area contributed by atoms with Gasteiger partial charge in [0, 0.05) is 32.5 Å². The zero-order valence-electron chi connectivity index (χ0n) is 13.0. The summed E-state index contributed by atoms with van der Waals surface area (Å²) in [5.74, 6) is 0.571. The van der Waals surface area contributed by atoms with Crippen LogP contribution in [-0.2, 0) is 6.42 Å². The van der Waals surface area contributed by atoms with Crippen molar-refractivity contribution in [3.63, 3.8) is 0 Å². The van der Waals surface area contributed by atoms with Crippen molar-refractivity contribution in [2.24, 2.45) is 0 Å². The first kappa shape index (κ1) is 15.9. The van der Waals surface area contributed by atoms with Gasteiger partial charge in [-0.3, -0.25) is 9.78 Å². The van der Waals surface area contributed by atoms with Crippen molar-refractivity contribution < 1.29 is 4.79 Å². The number of hydrogen-bond acceptors (Lipinski definition) is 5. The van der Waals surface area contributed by atoms with Crippen molar-refractivity contribution in [1.82, 2.24) is 20.3 Å². The molecule has 0 saturated carbocycles. The summed E-state index contributed by atoms with van der Waals surface area (Å²) in [5.41, 5.74) is 1.57. The number of carbonyl (C=O) groups excluding carboxylic acids is 1. The van der Waals surface area contributed by atoms with E-state index in [0.717, 1.165) is 25.2 Å².